The molecule has 7 heteroatoms. The first-order valence-electron chi connectivity index (χ1n) is 15.1. The zero-order chi connectivity index (χ0) is 29.8. The maximum absolute atomic E-state index is 15.9. The van der Waals surface area contributed by atoms with Crippen LogP contribution in [0.5, 0.6) is 0 Å². The molecule has 6 aromatic rings. The quantitative estimate of drug-likeness (QED) is 0.126. The summed E-state index contributed by atoms with van der Waals surface area (Å²) in [6.45, 7) is 4.42. The van der Waals surface area contributed by atoms with Gasteiger partial charge in [0.15, 0.2) is 11.6 Å². The van der Waals surface area contributed by atoms with Gasteiger partial charge in [-0.3, -0.25) is 0 Å². The number of nitrogens with zero attached hydrogens (tertiary/aromatic N) is 2. The van der Waals surface area contributed by atoms with Crippen LogP contribution < -0.4 is 0 Å². The number of hydrogen-bond donors (Lipinski definition) is 0. The Kier molecular flexibility index (Phi) is 9.41. The maximum Gasteiger partial charge on any atom is 0.170 e. The second kappa shape index (κ2) is 13.6. The first-order valence-corrected chi connectivity index (χ1v) is 17.5. The third-order valence-corrected chi connectivity index (χ3v) is 10.7. The number of thiophene rings is 2. The Morgan fingerprint density at radius 1 is 0.512 bits per heavy atom. The van der Waals surface area contributed by atoms with E-state index < -0.39 is 11.6 Å². The summed E-state index contributed by atoms with van der Waals surface area (Å²) in [5.41, 5.74) is 5.98. The molecule has 0 radical (unpaired) electrons. The summed E-state index contributed by atoms with van der Waals surface area (Å²) in [4.78, 5) is 3.31. The average Bonchev–Trinajstić information content (AvgIpc) is 3.81. The summed E-state index contributed by atoms with van der Waals surface area (Å²) in [5.74, 6) is -1.75. The molecular weight excluding hydrogens is 595 g/mol. The van der Waals surface area contributed by atoms with Crippen molar-refractivity contribution < 1.29 is 8.78 Å². The topological polar surface area (TPSA) is 25.8 Å². The van der Waals surface area contributed by atoms with Gasteiger partial charge in [0.2, 0.25) is 0 Å². The highest BCUT2D eigenvalue weighted by atomic mass is 32.1. The van der Waals surface area contributed by atoms with Crippen LogP contribution in [-0.2, 0) is 12.8 Å². The lowest BCUT2D eigenvalue weighted by Gasteiger charge is -2.08. The van der Waals surface area contributed by atoms with Crippen molar-refractivity contribution in [2.75, 3.05) is 0 Å². The molecule has 0 unspecified atom stereocenters. The van der Waals surface area contributed by atoms with E-state index in [-0.39, 0.29) is 11.1 Å². The van der Waals surface area contributed by atoms with Crippen molar-refractivity contribution in [1.29, 1.82) is 0 Å². The van der Waals surface area contributed by atoms with Gasteiger partial charge in [0.1, 0.15) is 11.0 Å². The number of unbranched alkanes of at least 4 members (excludes halogenated alkanes) is 4. The van der Waals surface area contributed by atoms with E-state index in [9.17, 15) is 0 Å². The molecule has 0 aliphatic carbocycles. The summed E-state index contributed by atoms with van der Waals surface area (Å²) in [6, 6.07) is 24.8. The standard InChI is InChI=1S/C36H34F2N2S3/c1-3-5-7-9-23-11-15-25(16-12-23)27-19-21-29(41-27)31-33(37)34(38)32(36-35(31)39-43-40-36)30-22-20-28(42-30)26-17-13-24(14-18-26)10-8-6-4-2/h11-22H,3-10H2,1-2H3. The molecule has 3 aromatic heterocycles. The second-order valence-corrected chi connectivity index (χ2v) is 13.7. The summed E-state index contributed by atoms with van der Waals surface area (Å²) < 4.78 is 40.8. The van der Waals surface area contributed by atoms with Crippen LogP contribution in [-0.4, -0.2) is 8.75 Å². The molecule has 0 N–H and O–H groups in total. The van der Waals surface area contributed by atoms with Crippen LogP contribution in [0.15, 0.2) is 72.8 Å². The number of benzene rings is 3. The fourth-order valence-electron chi connectivity index (χ4n) is 5.48. The van der Waals surface area contributed by atoms with Gasteiger partial charge in [-0.2, -0.15) is 8.75 Å². The minimum atomic E-state index is -0.874. The van der Waals surface area contributed by atoms with Crippen LogP contribution in [0.2, 0.25) is 0 Å². The number of fused-ring (bicyclic) bond motifs is 1. The monoisotopic (exact) mass is 628 g/mol. The average molecular weight is 629 g/mol. The minimum Gasteiger partial charge on any atom is -0.203 e. The van der Waals surface area contributed by atoms with Crippen molar-refractivity contribution in [3.05, 3.63) is 95.6 Å². The zero-order valence-corrected chi connectivity index (χ0v) is 26.9. The molecule has 43 heavy (non-hydrogen) atoms. The Morgan fingerprint density at radius 2 is 0.907 bits per heavy atom. The highest BCUT2D eigenvalue weighted by Crippen LogP contribution is 2.45. The Hall–Kier alpha value is -3.26. The Balaban J connectivity index is 1.29. The van der Waals surface area contributed by atoms with E-state index in [0.29, 0.717) is 20.8 Å². The number of aryl methyl sites for hydroxylation is 2. The van der Waals surface area contributed by atoms with Crippen molar-refractivity contribution in [1.82, 2.24) is 8.75 Å². The second-order valence-electron chi connectivity index (χ2n) is 11.0. The highest BCUT2D eigenvalue weighted by molar-refractivity contribution is 7.19. The first-order chi connectivity index (χ1) is 21.1. The van der Waals surface area contributed by atoms with Gasteiger partial charge >= 0.3 is 0 Å². The fourth-order valence-corrected chi connectivity index (χ4v) is 8.14. The summed E-state index contributed by atoms with van der Waals surface area (Å²) >= 11 is 3.89. The van der Waals surface area contributed by atoms with Crippen LogP contribution in [0.1, 0.15) is 63.5 Å². The molecular formula is C36H34F2N2S3. The van der Waals surface area contributed by atoms with E-state index in [4.69, 9.17) is 0 Å². The van der Waals surface area contributed by atoms with Crippen molar-refractivity contribution in [3.63, 3.8) is 0 Å². The molecule has 0 saturated heterocycles. The molecule has 0 aliphatic heterocycles. The Bertz CT molecular complexity index is 1680. The minimum absolute atomic E-state index is 0.188. The van der Waals surface area contributed by atoms with Gasteiger partial charge < -0.3 is 0 Å². The number of aromatic nitrogens is 2. The number of rotatable bonds is 12. The van der Waals surface area contributed by atoms with Crippen LogP contribution in [0, 0.1) is 11.6 Å². The molecule has 0 fully saturated rings. The van der Waals surface area contributed by atoms with Crippen LogP contribution in [0.3, 0.4) is 0 Å². The third kappa shape index (κ3) is 6.35. The van der Waals surface area contributed by atoms with Crippen molar-refractivity contribution in [2.24, 2.45) is 0 Å². The van der Waals surface area contributed by atoms with Gasteiger partial charge in [-0.15, -0.1) is 22.7 Å². The van der Waals surface area contributed by atoms with Gasteiger partial charge in [-0.25, -0.2) is 8.78 Å². The lowest BCUT2D eigenvalue weighted by molar-refractivity contribution is 0.516. The molecule has 3 aromatic carbocycles. The SMILES string of the molecule is CCCCCc1ccc(-c2ccc(-c3c(F)c(F)c(-c4ccc(-c5ccc(CCCCC)cc5)s4)c4nsnc34)s2)cc1. The van der Waals surface area contributed by atoms with Gasteiger partial charge in [0.05, 0.1) is 22.9 Å². The van der Waals surface area contributed by atoms with Gasteiger partial charge in [-0.05, 0) is 72.2 Å². The molecule has 0 aliphatic rings. The maximum atomic E-state index is 15.9. The van der Waals surface area contributed by atoms with Crippen molar-refractivity contribution in [2.45, 2.75) is 65.2 Å². The normalized spacial score (nSPS) is 11.5. The molecule has 2 nitrogen and oxygen atoms in total. The molecule has 220 valence electrons. The van der Waals surface area contributed by atoms with E-state index in [1.807, 2.05) is 24.3 Å². The van der Waals surface area contributed by atoms with Crippen molar-refractivity contribution >= 4 is 45.4 Å². The lowest BCUT2D eigenvalue weighted by atomic mass is 10.0. The third-order valence-electron chi connectivity index (χ3n) is 7.91. The molecule has 0 atom stereocenters. The molecule has 0 amide bonds. The smallest absolute Gasteiger partial charge is 0.170 e. The largest absolute Gasteiger partial charge is 0.203 e. The Morgan fingerprint density at radius 3 is 1.30 bits per heavy atom. The van der Waals surface area contributed by atoms with Gasteiger partial charge in [0.25, 0.3) is 0 Å². The van der Waals surface area contributed by atoms with E-state index in [0.717, 1.165) is 45.5 Å². The van der Waals surface area contributed by atoms with Crippen LogP contribution in [0.4, 0.5) is 8.78 Å². The predicted molar refractivity (Wildman–Crippen MR) is 181 cm³/mol. The zero-order valence-electron chi connectivity index (χ0n) is 24.5. The molecule has 0 spiro atoms. The summed E-state index contributed by atoms with van der Waals surface area (Å²) in [7, 11) is 0. The fraction of sp³-hybridized carbons (Fsp3) is 0.278. The van der Waals surface area contributed by atoms with E-state index >= 15 is 8.78 Å². The molecule has 0 bridgehead atoms. The highest BCUT2D eigenvalue weighted by Gasteiger charge is 2.26. The summed E-state index contributed by atoms with van der Waals surface area (Å²) in [6.07, 6.45) is 9.41. The van der Waals surface area contributed by atoms with E-state index in [2.05, 4.69) is 71.1 Å². The number of halogens is 2. The first kappa shape index (κ1) is 29.8. The van der Waals surface area contributed by atoms with Crippen molar-refractivity contribution in [3.8, 4) is 41.8 Å². The van der Waals surface area contributed by atoms with Gasteiger partial charge in [0, 0.05) is 19.5 Å². The molecule has 3 heterocycles. The molecule has 0 saturated carbocycles. The lowest BCUT2D eigenvalue weighted by Crippen LogP contribution is -1.95. The molecule has 6 rings (SSSR count). The van der Waals surface area contributed by atoms with Crippen LogP contribution in [0.25, 0.3) is 52.8 Å². The van der Waals surface area contributed by atoms with Gasteiger partial charge in [-0.1, -0.05) is 88.1 Å². The van der Waals surface area contributed by atoms with E-state index in [1.54, 1.807) is 0 Å². The predicted octanol–water partition coefficient (Wildman–Crippen LogP) is 12.2. The summed E-state index contributed by atoms with van der Waals surface area (Å²) in [5, 5.41) is 0. The Labute approximate surface area is 264 Å². The number of hydrogen-bond acceptors (Lipinski definition) is 5. The van der Waals surface area contributed by atoms with E-state index in [1.165, 1.54) is 72.3 Å². The van der Waals surface area contributed by atoms with Crippen LogP contribution >= 0.6 is 34.4 Å².